The average molecular weight is 432 g/mol. The molecular weight excluding hydrogens is 399 g/mol. The van der Waals surface area contributed by atoms with Crippen molar-refractivity contribution in [2.75, 3.05) is 26.2 Å². The molecule has 3 atom stereocenters. The summed E-state index contributed by atoms with van der Waals surface area (Å²) in [5, 5.41) is 7.13. The first kappa shape index (κ1) is 19.0. The molecule has 0 bridgehead atoms. The van der Waals surface area contributed by atoms with Gasteiger partial charge in [-0.25, -0.2) is 0 Å². The second kappa shape index (κ2) is 9.25. The highest BCUT2D eigenvalue weighted by Gasteiger charge is 2.38. The summed E-state index contributed by atoms with van der Waals surface area (Å²) in [6, 6.07) is 1.42. The zero-order chi connectivity index (χ0) is 15.4. The van der Waals surface area contributed by atoms with E-state index in [1.54, 1.807) is 0 Å². The molecule has 0 radical (unpaired) electrons. The van der Waals surface area contributed by atoms with E-state index in [-0.39, 0.29) is 24.0 Å². The molecule has 3 unspecified atom stereocenters. The maximum absolute atomic E-state index is 4.86. The topological polar surface area (TPSA) is 39.7 Å². The van der Waals surface area contributed by atoms with Crippen molar-refractivity contribution in [1.29, 1.82) is 0 Å². The Bertz CT molecular complexity index is 419. The van der Waals surface area contributed by atoms with Gasteiger partial charge in [-0.3, -0.25) is 9.89 Å². The summed E-state index contributed by atoms with van der Waals surface area (Å²) in [6.45, 7) is 8.83. The van der Waals surface area contributed by atoms with Crippen LogP contribution in [-0.2, 0) is 0 Å². The van der Waals surface area contributed by atoms with Crippen LogP contribution in [-0.4, -0.2) is 49.1 Å². The number of nitrogens with one attached hydrogen (secondary N) is 2. The Kier molecular flexibility index (Phi) is 7.66. The third-order valence-corrected chi connectivity index (χ3v) is 5.26. The number of likely N-dealkylation sites (tertiary alicyclic amines) is 1. The normalized spacial score (nSPS) is 31.7. The van der Waals surface area contributed by atoms with Gasteiger partial charge >= 0.3 is 0 Å². The van der Waals surface area contributed by atoms with Crippen molar-refractivity contribution < 1.29 is 0 Å². The quantitative estimate of drug-likeness (QED) is 0.304. The molecule has 5 heteroatoms. The van der Waals surface area contributed by atoms with E-state index in [1.807, 2.05) is 0 Å². The van der Waals surface area contributed by atoms with E-state index in [1.165, 1.54) is 45.2 Å². The fourth-order valence-corrected chi connectivity index (χ4v) is 3.67. The summed E-state index contributed by atoms with van der Waals surface area (Å²) in [5.41, 5.74) is 0. The van der Waals surface area contributed by atoms with Crippen LogP contribution in [0.2, 0.25) is 0 Å². The van der Waals surface area contributed by atoms with Crippen LogP contribution in [0.4, 0.5) is 0 Å². The molecule has 0 aromatic carbocycles. The van der Waals surface area contributed by atoms with E-state index in [0.717, 1.165) is 31.0 Å². The molecule has 132 valence electrons. The first-order chi connectivity index (χ1) is 10.8. The molecule has 0 spiro atoms. The van der Waals surface area contributed by atoms with Crippen LogP contribution in [0.3, 0.4) is 0 Å². The van der Waals surface area contributed by atoms with E-state index < -0.39 is 0 Å². The van der Waals surface area contributed by atoms with Gasteiger partial charge in [0.25, 0.3) is 0 Å². The van der Waals surface area contributed by atoms with Crippen LogP contribution in [0.15, 0.2) is 17.1 Å². The Labute approximate surface area is 158 Å². The van der Waals surface area contributed by atoms with Crippen molar-refractivity contribution >= 4 is 29.9 Å². The number of aliphatic imine (C=N–C) groups is 1. The zero-order valence-corrected chi connectivity index (χ0v) is 17.0. The van der Waals surface area contributed by atoms with Crippen molar-refractivity contribution in [2.24, 2.45) is 16.8 Å². The van der Waals surface area contributed by atoms with E-state index in [2.05, 4.69) is 41.5 Å². The highest BCUT2D eigenvalue weighted by molar-refractivity contribution is 14.0. The summed E-state index contributed by atoms with van der Waals surface area (Å²) in [7, 11) is 0. The largest absolute Gasteiger partial charge is 0.357 e. The van der Waals surface area contributed by atoms with Gasteiger partial charge in [0.05, 0.1) is 0 Å². The summed E-state index contributed by atoms with van der Waals surface area (Å²) >= 11 is 0. The Balaban J connectivity index is 0.00000192. The highest BCUT2D eigenvalue weighted by Crippen LogP contribution is 2.31. The van der Waals surface area contributed by atoms with Crippen LogP contribution in [0.5, 0.6) is 0 Å². The van der Waals surface area contributed by atoms with Crippen LogP contribution >= 0.6 is 24.0 Å². The van der Waals surface area contributed by atoms with Crippen molar-refractivity contribution in [3.63, 3.8) is 0 Å². The zero-order valence-electron chi connectivity index (χ0n) is 14.6. The van der Waals surface area contributed by atoms with Crippen molar-refractivity contribution in [2.45, 2.75) is 58.0 Å². The summed E-state index contributed by atoms with van der Waals surface area (Å²) in [4.78, 5) is 7.53. The van der Waals surface area contributed by atoms with Crippen molar-refractivity contribution in [3.8, 4) is 0 Å². The number of allylic oxidation sites excluding steroid dienone is 2. The number of guanidine groups is 1. The number of nitrogens with zero attached hydrogens (tertiary/aromatic N) is 2. The smallest absolute Gasteiger partial charge is 0.191 e. The first-order valence-corrected chi connectivity index (χ1v) is 9.20. The molecular formula is C18H33IN4. The molecule has 1 aliphatic heterocycles. The predicted octanol–water partition coefficient (Wildman–Crippen LogP) is 3.00. The number of hydrogen-bond acceptors (Lipinski definition) is 2. The molecule has 2 aliphatic carbocycles. The summed E-state index contributed by atoms with van der Waals surface area (Å²) < 4.78 is 0. The lowest BCUT2D eigenvalue weighted by Gasteiger charge is -2.21. The molecule has 23 heavy (non-hydrogen) atoms. The maximum atomic E-state index is 4.86. The highest BCUT2D eigenvalue weighted by atomic mass is 127. The minimum atomic E-state index is 0. The van der Waals surface area contributed by atoms with E-state index in [0.29, 0.717) is 12.0 Å². The van der Waals surface area contributed by atoms with E-state index in [4.69, 9.17) is 4.99 Å². The van der Waals surface area contributed by atoms with Gasteiger partial charge in [0.2, 0.25) is 0 Å². The molecule has 1 saturated carbocycles. The van der Waals surface area contributed by atoms with Gasteiger partial charge < -0.3 is 10.6 Å². The standard InChI is InChI=1S/C18H32N4.HI/c1-3-19-18(20-11-15-7-5-4-6-8-15)21-17-13-22(12-14(17)2)16-9-10-16;/h4-5,14-17H,3,6-13H2,1-2H3,(H2,19,20,21);1H. The summed E-state index contributed by atoms with van der Waals surface area (Å²) in [5.74, 6) is 2.46. The number of hydrogen-bond donors (Lipinski definition) is 2. The third kappa shape index (κ3) is 5.62. The number of rotatable bonds is 5. The Morgan fingerprint density at radius 1 is 1.22 bits per heavy atom. The van der Waals surface area contributed by atoms with Gasteiger partial charge in [-0.2, -0.15) is 0 Å². The molecule has 0 aromatic rings. The SMILES string of the molecule is CCNC(=NCC1CC=CCC1)NC1CN(C2CC2)CC1C.I. The van der Waals surface area contributed by atoms with Gasteiger partial charge in [0.1, 0.15) is 0 Å². The average Bonchev–Trinajstić information content (AvgIpc) is 3.31. The van der Waals surface area contributed by atoms with Crippen LogP contribution in [0, 0.1) is 11.8 Å². The molecule has 0 aromatic heterocycles. The molecule has 1 saturated heterocycles. The van der Waals surface area contributed by atoms with Crippen molar-refractivity contribution in [1.82, 2.24) is 15.5 Å². The molecule has 4 nitrogen and oxygen atoms in total. The third-order valence-electron chi connectivity index (χ3n) is 5.26. The van der Waals surface area contributed by atoms with Gasteiger partial charge in [-0.15, -0.1) is 24.0 Å². The van der Waals surface area contributed by atoms with Crippen LogP contribution in [0.25, 0.3) is 0 Å². The Morgan fingerprint density at radius 3 is 2.70 bits per heavy atom. The van der Waals surface area contributed by atoms with Gasteiger partial charge in [0, 0.05) is 38.3 Å². The molecule has 1 heterocycles. The molecule has 2 fully saturated rings. The maximum Gasteiger partial charge on any atom is 0.191 e. The molecule has 2 N–H and O–H groups in total. The van der Waals surface area contributed by atoms with Gasteiger partial charge in [-0.05, 0) is 50.9 Å². The Morgan fingerprint density at radius 2 is 2.04 bits per heavy atom. The lowest BCUT2D eigenvalue weighted by atomic mass is 9.95. The lowest BCUT2D eigenvalue weighted by Crippen LogP contribution is -2.46. The molecule has 3 rings (SSSR count). The molecule has 3 aliphatic rings. The fraction of sp³-hybridized carbons (Fsp3) is 0.833. The van der Waals surface area contributed by atoms with Gasteiger partial charge in [0.15, 0.2) is 5.96 Å². The van der Waals surface area contributed by atoms with Crippen molar-refractivity contribution in [3.05, 3.63) is 12.2 Å². The van der Waals surface area contributed by atoms with Crippen LogP contribution in [0.1, 0.15) is 46.0 Å². The predicted molar refractivity (Wildman–Crippen MR) is 109 cm³/mol. The summed E-state index contributed by atoms with van der Waals surface area (Å²) in [6.07, 6.45) is 11.1. The molecule has 0 amide bonds. The van der Waals surface area contributed by atoms with Crippen LogP contribution < -0.4 is 10.6 Å². The number of halogens is 1. The lowest BCUT2D eigenvalue weighted by molar-refractivity contribution is 0.315. The fourth-order valence-electron chi connectivity index (χ4n) is 3.67. The van der Waals surface area contributed by atoms with Gasteiger partial charge in [-0.1, -0.05) is 19.1 Å². The second-order valence-corrected chi connectivity index (χ2v) is 7.28. The minimum absolute atomic E-state index is 0. The first-order valence-electron chi connectivity index (χ1n) is 9.20. The Hall–Kier alpha value is -0.300. The minimum Gasteiger partial charge on any atom is -0.357 e. The second-order valence-electron chi connectivity index (χ2n) is 7.28. The monoisotopic (exact) mass is 432 g/mol. The van der Waals surface area contributed by atoms with E-state index in [9.17, 15) is 0 Å². The van der Waals surface area contributed by atoms with E-state index >= 15 is 0 Å².